The molecule has 98 valence electrons. The molecule has 2 fully saturated rings. The molecule has 1 atom stereocenters. The number of esters is 1. The topological polar surface area (TPSA) is 47.6 Å². The number of carbonyl (C=O) groups is 1. The third-order valence-electron chi connectivity index (χ3n) is 3.66. The van der Waals surface area contributed by atoms with Crippen molar-refractivity contribution >= 4 is 5.97 Å². The zero-order valence-corrected chi connectivity index (χ0v) is 10.6. The number of hydrogen-bond acceptors (Lipinski definition) is 4. The molecule has 0 bridgehead atoms. The van der Waals surface area contributed by atoms with E-state index in [2.05, 4.69) is 12.2 Å². The van der Waals surface area contributed by atoms with Crippen LogP contribution in [-0.4, -0.2) is 37.9 Å². The van der Waals surface area contributed by atoms with E-state index in [1.54, 1.807) is 0 Å². The maximum absolute atomic E-state index is 11.7. The predicted octanol–water partition coefficient (Wildman–Crippen LogP) is 1.49. The van der Waals surface area contributed by atoms with Crippen molar-refractivity contribution in [2.24, 2.45) is 5.92 Å². The highest BCUT2D eigenvalue weighted by atomic mass is 16.5. The zero-order chi connectivity index (χ0) is 12.1. The first-order valence-electron chi connectivity index (χ1n) is 6.76. The summed E-state index contributed by atoms with van der Waals surface area (Å²) >= 11 is 0. The zero-order valence-electron chi connectivity index (χ0n) is 10.6. The Bertz CT molecular complexity index is 243. The van der Waals surface area contributed by atoms with Gasteiger partial charge in [-0.1, -0.05) is 6.92 Å². The monoisotopic (exact) mass is 241 g/mol. The van der Waals surface area contributed by atoms with Gasteiger partial charge in [0.15, 0.2) is 0 Å². The summed E-state index contributed by atoms with van der Waals surface area (Å²) < 4.78 is 11.0. The fraction of sp³-hybridized carbons (Fsp3) is 0.923. The summed E-state index contributed by atoms with van der Waals surface area (Å²) in [5, 5.41) is 3.22. The SMILES string of the molecule is CC1CCC(OC(=O)CC2CNCCO2)CC1. The lowest BCUT2D eigenvalue weighted by Gasteiger charge is -2.27. The molecule has 1 unspecified atom stereocenters. The minimum absolute atomic E-state index is 0.00114. The largest absolute Gasteiger partial charge is 0.462 e. The summed E-state index contributed by atoms with van der Waals surface area (Å²) in [6.45, 7) is 4.60. The lowest BCUT2D eigenvalue weighted by Crippen LogP contribution is -2.40. The molecule has 1 aliphatic heterocycles. The maximum Gasteiger partial charge on any atom is 0.308 e. The highest BCUT2D eigenvalue weighted by Gasteiger charge is 2.24. The van der Waals surface area contributed by atoms with Crippen molar-refractivity contribution in [3.8, 4) is 0 Å². The molecule has 17 heavy (non-hydrogen) atoms. The highest BCUT2D eigenvalue weighted by molar-refractivity contribution is 5.70. The average Bonchev–Trinajstić information content (AvgIpc) is 2.33. The highest BCUT2D eigenvalue weighted by Crippen LogP contribution is 2.25. The normalized spacial score (nSPS) is 34.3. The van der Waals surface area contributed by atoms with Crippen molar-refractivity contribution in [1.82, 2.24) is 5.32 Å². The smallest absolute Gasteiger partial charge is 0.308 e. The molecular weight excluding hydrogens is 218 g/mol. The Hall–Kier alpha value is -0.610. The standard InChI is InChI=1S/C13H23NO3/c1-10-2-4-11(5-3-10)17-13(15)8-12-9-14-6-7-16-12/h10-12,14H,2-9H2,1H3. The second-order valence-corrected chi connectivity index (χ2v) is 5.27. The maximum atomic E-state index is 11.7. The predicted molar refractivity (Wildman–Crippen MR) is 64.7 cm³/mol. The van der Waals surface area contributed by atoms with Gasteiger partial charge in [-0.05, 0) is 31.6 Å². The summed E-state index contributed by atoms with van der Waals surface area (Å²) in [5.41, 5.74) is 0. The molecule has 1 aliphatic carbocycles. The van der Waals surface area contributed by atoms with Crippen LogP contribution in [0.1, 0.15) is 39.0 Å². The first-order chi connectivity index (χ1) is 8.24. The van der Waals surface area contributed by atoms with E-state index in [0.29, 0.717) is 13.0 Å². The molecule has 2 rings (SSSR count). The van der Waals surface area contributed by atoms with Gasteiger partial charge in [0.05, 0.1) is 19.1 Å². The summed E-state index contributed by atoms with van der Waals surface area (Å²) in [7, 11) is 0. The molecule has 0 radical (unpaired) electrons. The van der Waals surface area contributed by atoms with Crippen LogP contribution in [0, 0.1) is 5.92 Å². The van der Waals surface area contributed by atoms with Gasteiger partial charge in [-0.3, -0.25) is 4.79 Å². The molecule has 0 aromatic carbocycles. The molecule has 0 aromatic heterocycles. The van der Waals surface area contributed by atoms with Crippen LogP contribution < -0.4 is 5.32 Å². The number of nitrogens with one attached hydrogen (secondary N) is 1. The summed E-state index contributed by atoms with van der Waals surface area (Å²) in [4.78, 5) is 11.7. The number of rotatable bonds is 3. The fourth-order valence-corrected chi connectivity index (χ4v) is 2.52. The van der Waals surface area contributed by atoms with E-state index in [4.69, 9.17) is 9.47 Å². The van der Waals surface area contributed by atoms with Crippen LogP contribution in [0.15, 0.2) is 0 Å². The van der Waals surface area contributed by atoms with E-state index in [9.17, 15) is 4.79 Å². The minimum atomic E-state index is -0.0988. The fourth-order valence-electron chi connectivity index (χ4n) is 2.52. The molecule has 2 aliphatic rings. The minimum Gasteiger partial charge on any atom is -0.462 e. The van der Waals surface area contributed by atoms with E-state index in [1.165, 1.54) is 12.8 Å². The quantitative estimate of drug-likeness (QED) is 0.760. The van der Waals surface area contributed by atoms with Gasteiger partial charge in [0, 0.05) is 13.1 Å². The summed E-state index contributed by atoms with van der Waals surface area (Å²) in [5.74, 6) is 0.689. The summed E-state index contributed by atoms with van der Waals surface area (Å²) in [6, 6.07) is 0. The van der Waals surface area contributed by atoms with Gasteiger partial charge in [0.1, 0.15) is 6.10 Å². The Morgan fingerprint density at radius 3 is 2.76 bits per heavy atom. The van der Waals surface area contributed by atoms with Crippen LogP contribution in [0.2, 0.25) is 0 Å². The van der Waals surface area contributed by atoms with Crippen molar-refractivity contribution in [3.05, 3.63) is 0 Å². The van der Waals surface area contributed by atoms with E-state index in [-0.39, 0.29) is 18.2 Å². The molecule has 1 heterocycles. The number of morpholine rings is 1. The van der Waals surface area contributed by atoms with Gasteiger partial charge in [-0.25, -0.2) is 0 Å². The van der Waals surface area contributed by atoms with Crippen molar-refractivity contribution in [2.75, 3.05) is 19.7 Å². The van der Waals surface area contributed by atoms with Crippen molar-refractivity contribution < 1.29 is 14.3 Å². The van der Waals surface area contributed by atoms with Gasteiger partial charge in [-0.15, -0.1) is 0 Å². The Morgan fingerprint density at radius 2 is 2.12 bits per heavy atom. The van der Waals surface area contributed by atoms with Crippen LogP contribution in [0.25, 0.3) is 0 Å². The van der Waals surface area contributed by atoms with E-state index in [0.717, 1.165) is 31.8 Å². The molecule has 1 saturated heterocycles. The van der Waals surface area contributed by atoms with Crippen LogP contribution in [0.4, 0.5) is 0 Å². The lowest BCUT2D eigenvalue weighted by atomic mass is 9.89. The second-order valence-electron chi connectivity index (χ2n) is 5.27. The van der Waals surface area contributed by atoms with Gasteiger partial charge in [-0.2, -0.15) is 0 Å². The lowest BCUT2D eigenvalue weighted by molar-refractivity contribution is -0.154. The van der Waals surface area contributed by atoms with Gasteiger partial charge in [0.25, 0.3) is 0 Å². The third-order valence-corrected chi connectivity index (χ3v) is 3.66. The van der Waals surface area contributed by atoms with E-state index >= 15 is 0 Å². The summed E-state index contributed by atoms with van der Waals surface area (Å²) in [6.07, 6.45) is 4.94. The Balaban J connectivity index is 1.66. The molecular formula is C13H23NO3. The Labute approximate surface area is 103 Å². The van der Waals surface area contributed by atoms with Crippen LogP contribution in [0.3, 0.4) is 0 Å². The molecule has 0 spiro atoms. The van der Waals surface area contributed by atoms with E-state index in [1.807, 2.05) is 0 Å². The van der Waals surface area contributed by atoms with Gasteiger partial charge >= 0.3 is 5.97 Å². The molecule has 4 nitrogen and oxygen atoms in total. The van der Waals surface area contributed by atoms with Crippen molar-refractivity contribution in [1.29, 1.82) is 0 Å². The molecule has 1 saturated carbocycles. The first-order valence-corrected chi connectivity index (χ1v) is 6.76. The second kappa shape index (κ2) is 6.36. The van der Waals surface area contributed by atoms with Crippen molar-refractivity contribution in [2.45, 2.75) is 51.2 Å². The van der Waals surface area contributed by atoms with Crippen LogP contribution >= 0.6 is 0 Å². The van der Waals surface area contributed by atoms with Gasteiger partial charge in [0.2, 0.25) is 0 Å². The molecule has 4 heteroatoms. The van der Waals surface area contributed by atoms with Crippen LogP contribution in [0.5, 0.6) is 0 Å². The van der Waals surface area contributed by atoms with Crippen molar-refractivity contribution in [3.63, 3.8) is 0 Å². The number of carbonyl (C=O) groups excluding carboxylic acids is 1. The average molecular weight is 241 g/mol. The third kappa shape index (κ3) is 4.28. The van der Waals surface area contributed by atoms with E-state index < -0.39 is 0 Å². The first kappa shape index (κ1) is 12.8. The Morgan fingerprint density at radius 1 is 1.35 bits per heavy atom. The van der Waals surface area contributed by atoms with Crippen LogP contribution in [-0.2, 0) is 14.3 Å². The number of ether oxygens (including phenoxy) is 2. The Kier molecular flexibility index (Phi) is 4.80. The molecule has 0 amide bonds. The molecule has 1 N–H and O–H groups in total. The van der Waals surface area contributed by atoms with Gasteiger partial charge < -0.3 is 14.8 Å². The number of hydrogen-bond donors (Lipinski definition) is 1. The molecule has 0 aromatic rings.